The fourth-order valence-corrected chi connectivity index (χ4v) is 4.64. The van der Waals surface area contributed by atoms with Gasteiger partial charge in [-0.05, 0) is 36.6 Å². The smallest absolute Gasteiger partial charge is 0.324 e. The van der Waals surface area contributed by atoms with Crippen molar-refractivity contribution >= 4 is 44.9 Å². The molecule has 1 fully saturated rings. The molecule has 1 aromatic carbocycles. The van der Waals surface area contributed by atoms with Crippen molar-refractivity contribution in [2.24, 2.45) is 0 Å². The van der Waals surface area contributed by atoms with E-state index in [0.29, 0.717) is 4.88 Å². The molecule has 0 radical (unpaired) electrons. The van der Waals surface area contributed by atoms with Crippen LogP contribution in [-0.2, 0) is 25.2 Å². The summed E-state index contributed by atoms with van der Waals surface area (Å²) in [6.45, 7) is 1.10. The van der Waals surface area contributed by atoms with Gasteiger partial charge in [-0.2, -0.15) is 0 Å². The number of carbonyl (C=O) groups excluding carboxylic acids is 3. The molecule has 1 atom stereocenters. The molecule has 29 heavy (non-hydrogen) atoms. The second kappa shape index (κ2) is 7.58. The lowest BCUT2D eigenvalue weighted by Crippen LogP contribution is -2.41. The quantitative estimate of drug-likeness (QED) is 0.664. The number of nitrogens with one attached hydrogen (secondary N) is 2. The molecule has 154 valence electrons. The van der Waals surface area contributed by atoms with Crippen molar-refractivity contribution in [3.05, 3.63) is 46.7 Å². The number of hydrogen-bond acceptors (Lipinski definition) is 6. The van der Waals surface area contributed by atoms with E-state index in [1.165, 1.54) is 49.7 Å². The maximum atomic E-state index is 12.8. The van der Waals surface area contributed by atoms with E-state index < -0.39 is 40.0 Å². The van der Waals surface area contributed by atoms with Crippen LogP contribution in [-0.4, -0.2) is 56.1 Å². The molecule has 1 saturated heterocycles. The Bertz CT molecular complexity index is 1070. The van der Waals surface area contributed by atoms with Gasteiger partial charge in [0.15, 0.2) is 5.54 Å². The summed E-state index contributed by atoms with van der Waals surface area (Å²) in [6.07, 6.45) is 0. The summed E-state index contributed by atoms with van der Waals surface area (Å²) in [6, 6.07) is 8.59. The number of anilines is 1. The SMILES string of the molecule is CN(C)S(=O)(=O)c1cccc(NC(=O)CN2C(=O)NC(C)(c3cccs3)C2=O)c1. The van der Waals surface area contributed by atoms with E-state index in [1.807, 2.05) is 0 Å². The van der Waals surface area contributed by atoms with Gasteiger partial charge < -0.3 is 10.6 Å². The van der Waals surface area contributed by atoms with Crippen LogP contribution in [0.3, 0.4) is 0 Å². The van der Waals surface area contributed by atoms with Crippen molar-refractivity contribution in [2.75, 3.05) is 26.0 Å². The third-order valence-corrected chi connectivity index (χ3v) is 7.39. The molecule has 0 bridgehead atoms. The average molecular weight is 437 g/mol. The minimum Gasteiger partial charge on any atom is -0.324 e. The minimum absolute atomic E-state index is 0.0144. The normalized spacial score (nSPS) is 19.5. The summed E-state index contributed by atoms with van der Waals surface area (Å²) in [5.41, 5.74) is -0.975. The molecule has 0 aliphatic carbocycles. The monoisotopic (exact) mass is 436 g/mol. The van der Waals surface area contributed by atoms with Crippen LogP contribution in [0.2, 0.25) is 0 Å². The lowest BCUT2D eigenvalue weighted by atomic mass is 10.0. The van der Waals surface area contributed by atoms with Gasteiger partial charge >= 0.3 is 6.03 Å². The Kier molecular flexibility index (Phi) is 5.48. The summed E-state index contributed by atoms with van der Waals surface area (Å²) >= 11 is 1.33. The van der Waals surface area contributed by atoms with Crippen molar-refractivity contribution in [3.8, 4) is 0 Å². The maximum Gasteiger partial charge on any atom is 0.325 e. The first-order chi connectivity index (χ1) is 13.6. The second-order valence-corrected chi connectivity index (χ2v) is 9.89. The van der Waals surface area contributed by atoms with Crippen LogP contribution in [0.4, 0.5) is 10.5 Å². The van der Waals surface area contributed by atoms with Crippen molar-refractivity contribution in [1.29, 1.82) is 0 Å². The third kappa shape index (κ3) is 3.88. The highest BCUT2D eigenvalue weighted by Crippen LogP contribution is 2.31. The number of rotatable bonds is 6. The number of amides is 4. The Morgan fingerprint density at radius 3 is 2.59 bits per heavy atom. The van der Waals surface area contributed by atoms with Gasteiger partial charge in [-0.1, -0.05) is 12.1 Å². The second-order valence-electron chi connectivity index (χ2n) is 6.79. The number of hydrogen-bond donors (Lipinski definition) is 2. The van der Waals surface area contributed by atoms with Crippen molar-refractivity contribution in [2.45, 2.75) is 17.4 Å². The van der Waals surface area contributed by atoms with Crippen LogP contribution in [0.15, 0.2) is 46.7 Å². The molecule has 3 rings (SSSR count). The number of thiophene rings is 1. The highest BCUT2D eigenvalue weighted by molar-refractivity contribution is 7.89. The summed E-state index contributed by atoms with van der Waals surface area (Å²) in [4.78, 5) is 39.0. The molecule has 2 heterocycles. The van der Waals surface area contributed by atoms with Gasteiger partial charge in [0, 0.05) is 24.7 Å². The zero-order valence-electron chi connectivity index (χ0n) is 16.0. The highest BCUT2D eigenvalue weighted by atomic mass is 32.2. The Morgan fingerprint density at radius 2 is 1.97 bits per heavy atom. The number of nitrogens with zero attached hydrogens (tertiary/aromatic N) is 2. The van der Waals surface area contributed by atoms with Crippen LogP contribution in [0.25, 0.3) is 0 Å². The first-order valence-corrected chi connectivity index (χ1v) is 10.9. The Labute approximate surface area is 172 Å². The van der Waals surface area contributed by atoms with E-state index in [1.54, 1.807) is 24.4 Å². The Hall–Kier alpha value is -2.76. The molecule has 2 N–H and O–H groups in total. The molecular weight excluding hydrogens is 416 g/mol. The number of urea groups is 1. The molecule has 1 aliphatic rings. The van der Waals surface area contributed by atoms with Gasteiger partial charge in [0.2, 0.25) is 15.9 Å². The van der Waals surface area contributed by atoms with E-state index in [0.717, 1.165) is 9.21 Å². The summed E-state index contributed by atoms with van der Waals surface area (Å²) in [7, 11) is -0.850. The van der Waals surface area contributed by atoms with Gasteiger partial charge in [0.25, 0.3) is 5.91 Å². The number of carbonyl (C=O) groups is 3. The fourth-order valence-electron chi connectivity index (χ4n) is 2.86. The van der Waals surface area contributed by atoms with Gasteiger partial charge in [-0.25, -0.2) is 17.5 Å². The van der Waals surface area contributed by atoms with Crippen molar-refractivity contribution < 1.29 is 22.8 Å². The number of imide groups is 1. The molecule has 0 saturated carbocycles. The predicted molar refractivity (Wildman–Crippen MR) is 108 cm³/mol. The van der Waals surface area contributed by atoms with E-state index in [-0.39, 0.29) is 10.6 Å². The van der Waals surface area contributed by atoms with Gasteiger partial charge in [0.1, 0.15) is 6.54 Å². The van der Waals surface area contributed by atoms with E-state index in [4.69, 9.17) is 0 Å². The number of sulfonamides is 1. The minimum atomic E-state index is -3.66. The van der Waals surface area contributed by atoms with Crippen LogP contribution in [0, 0.1) is 0 Å². The number of benzene rings is 1. The van der Waals surface area contributed by atoms with Crippen LogP contribution in [0.1, 0.15) is 11.8 Å². The van der Waals surface area contributed by atoms with Crippen molar-refractivity contribution in [1.82, 2.24) is 14.5 Å². The topological polar surface area (TPSA) is 116 Å². The molecular formula is C18H20N4O5S2. The summed E-state index contributed by atoms with van der Waals surface area (Å²) in [5.74, 6) is -1.15. The highest BCUT2D eigenvalue weighted by Gasteiger charge is 2.50. The largest absolute Gasteiger partial charge is 0.325 e. The standard InChI is InChI=1S/C18H20N4O5S2/c1-18(14-8-5-9-28-14)16(24)22(17(25)20-18)11-15(23)19-12-6-4-7-13(10-12)29(26,27)21(2)3/h4-10H,11H2,1-3H3,(H,19,23)(H,20,25). The molecule has 11 heteroatoms. The van der Waals surface area contributed by atoms with Gasteiger partial charge in [-0.15, -0.1) is 11.3 Å². The summed E-state index contributed by atoms with van der Waals surface area (Å²) < 4.78 is 25.5. The predicted octanol–water partition coefficient (Wildman–Crippen LogP) is 1.40. The Balaban J connectivity index is 1.73. The Morgan fingerprint density at radius 1 is 1.24 bits per heavy atom. The molecule has 1 aromatic heterocycles. The van der Waals surface area contributed by atoms with E-state index >= 15 is 0 Å². The molecule has 4 amide bonds. The zero-order chi connectivity index (χ0) is 21.4. The molecule has 2 aromatic rings. The van der Waals surface area contributed by atoms with Gasteiger partial charge in [-0.3, -0.25) is 14.5 Å². The molecule has 1 unspecified atom stereocenters. The van der Waals surface area contributed by atoms with E-state index in [2.05, 4.69) is 10.6 Å². The summed E-state index contributed by atoms with van der Waals surface area (Å²) in [5, 5.41) is 6.95. The zero-order valence-corrected chi connectivity index (χ0v) is 17.6. The average Bonchev–Trinajstić information content (AvgIpc) is 3.26. The molecule has 0 spiro atoms. The molecule has 1 aliphatic heterocycles. The lowest BCUT2D eigenvalue weighted by molar-refractivity contribution is -0.133. The maximum absolute atomic E-state index is 12.8. The van der Waals surface area contributed by atoms with Crippen molar-refractivity contribution in [3.63, 3.8) is 0 Å². The third-order valence-electron chi connectivity index (χ3n) is 4.49. The fraction of sp³-hybridized carbons (Fsp3) is 0.278. The first kappa shape index (κ1) is 21.0. The van der Waals surface area contributed by atoms with Gasteiger partial charge in [0.05, 0.1) is 4.90 Å². The van der Waals surface area contributed by atoms with Crippen LogP contribution in [0.5, 0.6) is 0 Å². The van der Waals surface area contributed by atoms with E-state index in [9.17, 15) is 22.8 Å². The molecule has 9 nitrogen and oxygen atoms in total. The van der Waals surface area contributed by atoms with Crippen LogP contribution >= 0.6 is 11.3 Å². The first-order valence-electron chi connectivity index (χ1n) is 8.56. The van der Waals surface area contributed by atoms with Crippen LogP contribution < -0.4 is 10.6 Å². The lowest BCUT2D eigenvalue weighted by Gasteiger charge is -2.20.